The van der Waals surface area contributed by atoms with Gasteiger partial charge in [0.1, 0.15) is 5.41 Å². The number of hydrogen-bond acceptors (Lipinski definition) is 4. The van der Waals surface area contributed by atoms with Crippen LogP contribution in [-0.2, 0) is 4.79 Å². The second-order valence-corrected chi connectivity index (χ2v) is 7.85. The zero-order valence-electron chi connectivity index (χ0n) is 16.0. The maximum Gasteiger partial charge on any atom is 0.245 e. The topological polar surface area (TPSA) is 93.0 Å². The van der Waals surface area contributed by atoms with Gasteiger partial charge in [-0.25, -0.2) is 0 Å². The Labute approximate surface area is 173 Å². The van der Waals surface area contributed by atoms with Crippen molar-refractivity contribution in [3.05, 3.63) is 101 Å². The lowest BCUT2D eigenvalue weighted by molar-refractivity contribution is -0.255. The first-order valence-corrected chi connectivity index (χ1v) is 9.77. The summed E-state index contributed by atoms with van der Waals surface area (Å²) >= 11 is 0. The van der Waals surface area contributed by atoms with E-state index in [1.807, 2.05) is 36.4 Å². The monoisotopic (exact) mass is 393 g/mol. The molecule has 1 atom stereocenters. The Morgan fingerprint density at radius 2 is 1.43 bits per heavy atom. The summed E-state index contributed by atoms with van der Waals surface area (Å²) in [5.74, 6) is -2.03. The Morgan fingerprint density at radius 3 is 1.93 bits per heavy atom. The number of fused-ring (bicyclic) bond motifs is 1. The minimum absolute atomic E-state index is 0.0201. The predicted molar refractivity (Wildman–Crippen MR) is 109 cm³/mol. The van der Waals surface area contributed by atoms with E-state index in [0.29, 0.717) is 12.1 Å². The van der Waals surface area contributed by atoms with Crippen LogP contribution in [0.15, 0.2) is 72.8 Å². The Hall–Kier alpha value is -3.91. The van der Waals surface area contributed by atoms with Crippen molar-refractivity contribution in [1.29, 1.82) is 5.26 Å². The number of carboxylic acid groups (broad SMARTS) is 1. The van der Waals surface area contributed by atoms with Gasteiger partial charge in [-0.2, -0.15) is 5.26 Å². The number of amides is 1. The summed E-state index contributed by atoms with van der Waals surface area (Å²) < 4.78 is 0. The Morgan fingerprint density at radius 1 is 0.900 bits per heavy atom. The summed E-state index contributed by atoms with van der Waals surface area (Å²) in [6.45, 7) is 0. The number of carbonyl (C=O) groups excluding carboxylic acids is 2. The van der Waals surface area contributed by atoms with Crippen LogP contribution < -0.4 is 10.4 Å². The second-order valence-electron chi connectivity index (χ2n) is 7.85. The van der Waals surface area contributed by atoms with Crippen LogP contribution in [0.25, 0.3) is 0 Å². The van der Waals surface area contributed by atoms with Crippen molar-refractivity contribution in [2.24, 2.45) is 5.41 Å². The number of carbonyl (C=O) groups is 2. The van der Waals surface area contributed by atoms with Gasteiger partial charge < -0.3 is 15.2 Å². The van der Waals surface area contributed by atoms with Gasteiger partial charge in [0.05, 0.1) is 12.0 Å². The summed E-state index contributed by atoms with van der Waals surface area (Å²) in [4.78, 5) is 24.4. The fraction of sp³-hybridized carbons (Fsp3) is 0.160. The molecule has 1 N–H and O–H groups in total. The lowest BCUT2D eigenvalue weighted by atomic mass is 9.52. The lowest BCUT2D eigenvalue weighted by Gasteiger charge is -2.48. The number of hydrogen-bond donors (Lipinski definition) is 1. The maximum absolute atomic E-state index is 13.5. The highest BCUT2D eigenvalue weighted by molar-refractivity contribution is 6.00. The third kappa shape index (κ3) is 2.47. The molecule has 6 rings (SSSR count). The average Bonchev–Trinajstić information content (AvgIpc) is 2.79. The van der Waals surface area contributed by atoms with Crippen LogP contribution in [0.4, 0.5) is 5.69 Å². The van der Waals surface area contributed by atoms with Gasteiger partial charge in [-0.1, -0.05) is 60.7 Å². The molecule has 2 bridgehead atoms. The number of benzene rings is 3. The maximum atomic E-state index is 13.5. The predicted octanol–water partition coefficient (Wildman–Crippen LogP) is 3.18. The summed E-state index contributed by atoms with van der Waals surface area (Å²) in [7, 11) is 0. The number of nitriles is 1. The number of anilines is 1. The molecule has 3 aliphatic rings. The molecule has 0 saturated heterocycles. The van der Waals surface area contributed by atoms with E-state index in [1.54, 1.807) is 0 Å². The van der Waals surface area contributed by atoms with Gasteiger partial charge in [0.15, 0.2) is 0 Å². The molecule has 0 aromatic heterocycles. The van der Waals surface area contributed by atoms with Gasteiger partial charge in [-0.15, -0.1) is 0 Å². The molecule has 146 valence electrons. The van der Waals surface area contributed by atoms with Crippen molar-refractivity contribution in [3.8, 4) is 6.07 Å². The largest absolute Gasteiger partial charge is 0.545 e. The number of nitrogens with one attached hydrogen (secondary N) is 1. The van der Waals surface area contributed by atoms with Crippen molar-refractivity contribution >= 4 is 17.6 Å². The van der Waals surface area contributed by atoms with Gasteiger partial charge >= 0.3 is 0 Å². The highest BCUT2D eigenvalue weighted by Crippen LogP contribution is 2.61. The van der Waals surface area contributed by atoms with E-state index in [2.05, 4.69) is 23.5 Å². The standard InChI is InChI=1S/C25H18N2O3/c26-14-25(24(30)27-16-11-9-15(10-12-16)23(28)29)13-21-17-5-1-3-7-19(17)22(25)20-8-4-2-6-18(20)21/h1-12,21-22H,13H2,(H,27,30)(H,28,29)/p-1/t21?,22?,25-/m0/s1. The molecule has 1 amide bonds. The van der Waals surface area contributed by atoms with E-state index in [4.69, 9.17) is 0 Å². The normalized spacial score (nSPS) is 23.0. The van der Waals surface area contributed by atoms with E-state index in [9.17, 15) is 20.0 Å². The molecule has 0 spiro atoms. The molecule has 0 fully saturated rings. The fourth-order valence-corrected chi connectivity index (χ4v) is 5.02. The third-order valence-corrected chi connectivity index (χ3v) is 6.37. The third-order valence-electron chi connectivity index (χ3n) is 6.37. The molecule has 0 aliphatic heterocycles. The van der Waals surface area contributed by atoms with Gasteiger partial charge in [0.2, 0.25) is 5.91 Å². The molecule has 0 saturated carbocycles. The Bertz CT molecular complexity index is 1180. The summed E-state index contributed by atoms with van der Waals surface area (Å²) in [6, 6.07) is 24.2. The molecule has 5 nitrogen and oxygen atoms in total. The minimum atomic E-state index is -1.28. The first-order valence-electron chi connectivity index (χ1n) is 9.77. The van der Waals surface area contributed by atoms with Crippen molar-refractivity contribution < 1.29 is 14.7 Å². The van der Waals surface area contributed by atoms with E-state index in [0.717, 1.165) is 11.1 Å². The van der Waals surface area contributed by atoms with Crippen molar-refractivity contribution in [3.63, 3.8) is 0 Å². The van der Waals surface area contributed by atoms with Crippen LogP contribution >= 0.6 is 0 Å². The van der Waals surface area contributed by atoms with Crippen LogP contribution in [-0.4, -0.2) is 11.9 Å². The van der Waals surface area contributed by atoms with E-state index >= 15 is 0 Å². The molecule has 5 heteroatoms. The van der Waals surface area contributed by atoms with Crippen LogP contribution in [0.1, 0.15) is 50.9 Å². The van der Waals surface area contributed by atoms with Crippen LogP contribution in [0.5, 0.6) is 0 Å². The molecule has 3 aromatic rings. The first-order chi connectivity index (χ1) is 14.5. The Balaban J connectivity index is 1.58. The van der Waals surface area contributed by atoms with Crippen molar-refractivity contribution in [2.75, 3.05) is 5.32 Å². The molecule has 0 unspecified atom stereocenters. The van der Waals surface area contributed by atoms with Gasteiger partial charge in [-0.3, -0.25) is 4.79 Å². The van der Waals surface area contributed by atoms with Gasteiger partial charge in [0, 0.05) is 17.5 Å². The smallest absolute Gasteiger partial charge is 0.245 e. The number of rotatable bonds is 3. The zero-order chi connectivity index (χ0) is 20.9. The van der Waals surface area contributed by atoms with Gasteiger partial charge in [0.25, 0.3) is 0 Å². The van der Waals surface area contributed by atoms with Crippen molar-refractivity contribution in [2.45, 2.75) is 18.3 Å². The van der Waals surface area contributed by atoms with Crippen molar-refractivity contribution in [1.82, 2.24) is 0 Å². The number of aromatic carboxylic acids is 1. The molecule has 3 aliphatic carbocycles. The van der Waals surface area contributed by atoms with Crippen LogP contribution in [0.3, 0.4) is 0 Å². The quantitative estimate of drug-likeness (QED) is 0.740. The summed E-state index contributed by atoms with van der Waals surface area (Å²) in [5, 5.41) is 24.1. The molecular formula is C25H17N2O3-. The van der Waals surface area contributed by atoms with Crippen LogP contribution in [0, 0.1) is 16.7 Å². The number of nitrogens with zero attached hydrogens (tertiary/aromatic N) is 1. The SMILES string of the molecule is N#C[C@@]1(C(=O)Nc2ccc(C(=O)[O-])cc2)CC2c3ccccc3C1c1ccccc12. The van der Waals surface area contributed by atoms with E-state index < -0.39 is 11.4 Å². The molecule has 3 aromatic carbocycles. The highest BCUT2D eigenvalue weighted by Gasteiger charge is 2.57. The second kappa shape index (κ2) is 6.57. The minimum Gasteiger partial charge on any atom is -0.545 e. The molecule has 0 radical (unpaired) electrons. The molecule has 30 heavy (non-hydrogen) atoms. The Kier molecular flexibility index (Phi) is 3.97. The first kappa shape index (κ1) is 18.1. The average molecular weight is 393 g/mol. The molecular weight excluding hydrogens is 376 g/mol. The highest BCUT2D eigenvalue weighted by atomic mass is 16.4. The van der Waals surface area contributed by atoms with Gasteiger partial charge in [-0.05, 0) is 46.4 Å². The molecule has 0 heterocycles. The summed E-state index contributed by atoms with van der Waals surface area (Å²) in [6.07, 6.45) is 0.408. The fourth-order valence-electron chi connectivity index (χ4n) is 5.02. The number of carboxylic acids is 1. The lowest BCUT2D eigenvalue weighted by Crippen LogP contribution is -2.48. The summed E-state index contributed by atoms with van der Waals surface area (Å²) in [5.41, 5.74) is 3.63. The van der Waals surface area contributed by atoms with Crippen LogP contribution in [0.2, 0.25) is 0 Å². The van der Waals surface area contributed by atoms with E-state index in [-0.39, 0.29) is 23.3 Å². The van der Waals surface area contributed by atoms with E-state index in [1.165, 1.54) is 35.4 Å². The zero-order valence-corrected chi connectivity index (χ0v) is 16.0.